The van der Waals surface area contributed by atoms with Crippen LogP contribution in [0.25, 0.3) is 0 Å². The van der Waals surface area contributed by atoms with E-state index in [-0.39, 0.29) is 23.2 Å². The maximum atomic E-state index is 12.3. The molecule has 1 aliphatic rings. The van der Waals surface area contributed by atoms with Gasteiger partial charge in [-0.1, -0.05) is 41.9 Å². The number of nitrogens with zero attached hydrogens (tertiary/aromatic N) is 4. The topological polar surface area (TPSA) is 101 Å². The first kappa shape index (κ1) is 30.1. The van der Waals surface area contributed by atoms with Gasteiger partial charge in [-0.3, -0.25) is 4.79 Å². The van der Waals surface area contributed by atoms with Crippen LogP contribution in [0, 0.1) is 0 Å². The molecule has 0 radical (unpaired) electrons. The van der Waals surface area contributed by atoms with Crippen LogP contribution < -0.4 is 25.0 Å². The van der Waals surface area contributed by atoms with E-state index >= 15 is 0 Å². The number of carbonyl (C=O) groups excluding carboxylic acids is 1. The maximum Gasteiger partial charge on any atom is 0.243 e. The fourth-order valence-electron chi connectivity index (χ4n) is 4.52. The largest absolute Gasteiger partial charge is 0.494 e. The van der Waals surface area contributed by atoms with Gasteiger partial charge >= 0.3 is 0 Å². The molecule has 0 unspecified atom stereocenters. The lowest BCUT2D eigenvalue weighted by molar-refractivity contribution is -0.117. The molecule has 1 amide bonds. The predicted molar refractivity (Wildman–Crippen MR) is 169 cm³/mol. The van der Waals surface area contributed by atoms with Crippen LogP contribution in [0.5, 0.6) is 17.4 Å². The third kappa shape index (κ3) is 8.57. The van der Waals surface area contributed by atoms with E-state index in [1.165, 1.54) is 6.20 Å². The van der Waals surface area contributed by atoms with E-state index in [4.69, 9.17) is 25.8 Å². The summed E-state index contributed by atoms with van der Waals surface area (Å²) in [7, 11) is 3.77. The molecule has 10 nitrogen and oxygen atoms in total. The highest BCUT2D eigenvalue weighted by Crippen LogP contribution is 2.33. The molecule has 1 fully saturated rings. The number of likely N-dealkylation sites (N-methyl/N-ethyl adjacent to an activating group) is 1. The van der Waals surface area contributed by atoms with Gasteiger partial charge in [0.05, 0.1) is 38.6 Å². The smallest absolute Gasteiger partial charge is 0.243 e. The first-order chi connectivity index (χ1) is 21.0. The Morgan fingerprint density at radius 2 is 1.77 bits per heavy atom. The van der Waals surface area contributed by atoms with Gasteiger partial charge in [0, 0.05) is 43.6 Å². The Labute approximate surface area is 256 Å². The van der Waals surface area contributed by atoms with Crippen LogP contribution in [0.3, 0.4) is 0 Å². The Hall–Kier alpha value is -4.38. The van der Waals surface area contributed by atoms with Gasteiger partial charge in [-0.2, -0.15) is 4.98 Å². The van der Waals surface area contributed by atoms with Crippen LogP contribution in [0.1, 0.15) is 12.0 Å². The van der Waals surface area contributed by atoms with E-state index in [0.29, 0.717) is 36.3 Å². The van der Waals surface area contributed by atoms with Crippen molar-refractivity contribution in [1.29, 1.82) is 0 Å². The van der Waals surface area contributed by atoms with Crippen molar-refractivity contribution in [1.82, 2.24) is 14.9 Å². The lowest BCUT2D eigenvalue weighted by atomic mass is 10.2. The van der Waals surface area contributed by atoms with Gasteiger partial charge in [-0.05, 0) is 49.0 Å². The molecule has 0 bridgehead atoms. The summed E-state index contributed by atoms with van der Waals surface area (Å²) < 4.78 is 17.2. The van der Waals surface area contributed by atoms with Crippen LogP contribution in [-0.2, 0) is 16.1 Å². The molecule has 0 atom stereocenters. The van der Waals surface area contributed by atoms with Crippen LogP contribution in [0.2, 0.25) is 5.02 Å². The molecule has 0 spiro atoms. The Bertz CT molecular complexity index is 1500. The van der Waals surface area contributed by atoms with Crippen molar-refractivity contribution >= 4 is 40.5 Å². The number of carbonyl (C=O) groups is 1. The second-order valence-electron chi connectivity index (χ2n) is 10.1. The number of hydrogen-bond donors (Lipinski definition) is 2. The van der Waals surface area contributed by atoms with E-state index in [1.54, 1.807) is 31.4 Å². The molecule has 11 heteroatoms. The molecule has 224 valence electrons. The average Bonchev–Trinajstić information content (AvgIpc) is 3.03. The third-order valence-corrected chi connectivity index (χ3v) is 7.21. The first-order valence-electron chi connectivity index (χ1n) is 14.1. The summed E-state index contributed by atoms with van der Waals surface area (Å²) in [6.07, 6.45) is 1.73. The highest BCUT2D eigenvalue weighted by atomic mass is 35.5. The number of aromatic nitrogens is 2. The minimum absolute atomic E-state index is 0.136. The number of nitrogens with one attached hydrogen (secondary N) is 2. The Balaban J connectivity index is 1.15. The Morgan fingerprint density at radius 3 is 2.51 bits per heavy atom. The molecular weight excluding hydrogens is 568 g/mol. The van der Waals surface area contributed by atoms with E-state index in [9.17, 15) is 4.79 Å². The van der Waals surface area contributed by atoms with Gasteiger partial charge in [-0.15, -0.1) is 0 Å². The van der Waals surface area contributed by atoms with Crippen LogP contribution in [0.15, 0.2) is 79.0 Å². The van der Waals surface area contributed by atoms with E-state index in [1.807, 2.05) is 42.5 Å². The molecular formula is C32H35ClN6O4. The zero-order valence-corrected chi connectivity index (χ0v) is 25.0. The highest BCUT2D eigenvalue weighted by Gasteiger charge is 2.17. The molecule has 2 heterocycles. The maximum absolute atomic E-state index is 12.3. The van der Waals surface area contributed by atoms with Crippen molar-refractivity contribution < 1.29 is 19.0 Å². The van der Waals surface area contributed by atoms with Crippen molar-refractivity contribution in [2.45, 2.75) is 13.0 Å². The molecule has 1 aromatic heterocycles. The monoisotopic (exact) mass is 602 g/mol. The molecule has 1 aliphatic heterocycles. The number of piperazine rings is 1. The van der Waals surface area contributed by atoms with Gasteiger partial charge < -0.3 is 34.6 Å². The predicted octanol–water partition coefficient (Wildman–Crippen LogP) is 5.97. The van der Waals surface area contributed by atoms with E-state index in [0.717, 1.165) is 43.1 Å². The van der Waals surface area contributed by atoms with Crippen LogP contribution in [-0.4, -0.2) is 67.7 Å². The molecule has 1 saturated heterocycles. The van der Waals surface area contributed by atoms with Crippen molar-refractivity contribution in [2.75, 3.05) is 62.5 Å². The fourth-order valence-corrected chi connectivity index (χ4v) is 4.65. The third-order valence-electron chi connectivity index (χ3n) is 6.95. The van der Waals surface area contributed by atoms with Crippen LogP contribution >= 0.6 is 11.6 Å². The Morgan fingerprint density at radius 1 is 1.00 bits per heavy atom. The van der Waals surface area contributed by atoms with Gasteiger partial charge in [0.2, 0.25) is 17.7 Å². The number of ether oxygens (including phenoxy) is 3. The molecule has 43 heavy (non-hydrogen) atoms. The lowest BCUT2D eigenvalue weighted by Crippen LogP contribution is -2.44. The summed E-state index contributed by atoms with van der Waals surface area (Å²) in [6.45, 7) is 4.77. The quantitative estimate of drug-likeness (QED) is 0.190. The number of rotatable bonds is 12. The first-order valence-corrected chi connectivity index (χ1v) is 14.4. The SMILES string of the molecule is COc1cc(N2CCN(C)CC2)ccc1Nc1ncc(Cl)c(Oc2ccc(NC(=O)CCOCc3ccccc3)cc2)n1. The zero-order valence-electron chi connectivity index (χ0n) is 24.3. The van der Waals surface area contributed by atoms with E-state index < -0.39 is 0 Å². The normalized spacial score (nSPS) is 13.4. The summed E-state index contributed by atoms with van der Waals surface area (Å²) in [5.74, 6) is 1.55. The minimum atomic E-state index is -0.136. The molecule has 0 saturated carbocycles. The summed E-state index contributed by atoms with van der Waals surface area (Å²) in [6, 6.07) is 22.8. The minimum Gasteiger partial charge on any atom is -0.494 e. The van der Waals surface area contributed by atoms with E-state index in [2.05, 4.69) is 43.5 Å². The molecule has 5 rings (SSSR count). The standard InChI is InChI=1S/C32H35ClN6O4/c1-38-15-17-39(18-16-38)25-10-13-28(29(20-25)41-2)36-32-34-21-27(33)31(37-32)43-26-11-8-24(9-12-26)35-30(40)14-19-42-22-23-6-4-3-5-7-23/h3-13,20-21H,14-19,22H2,1-2H3,(H,35,40)(H,34,36,37). The molecule has 4 aromatic rings. The average molecular weight is 603 g/mol. The summed E-state index contributed by atoms with van der Waals surface area (Å²) in [4.78, 5) is 25.7. The number of amides is 1. The van der Waals surface area contributed by atoms with Crippen molar-refractivity contribution in [2.24, 2.45) is 0 Å². The number of benzene rings is 3. The summed E-state index contributed by atoms with van der Waals surface area (Å²) >= 11 is 6.34. The number of anilines is 4. The van der Waals surface area contributed by atoms with Gasteiger partial charge in [0.1, 0.15) is 16.5 Å². The van der Waals surface area contributed by atoms with Crippen LogP contribution in [0.4, 0.5) is 23.0 Å². The Kier molecular flexibility index (Phi) is 10.3. The molecule has 3 aromatic carbocycles. The van der Waals surface area contributed by atoms with Crippen molar-refractivity contribution in [3.8, 4) is 17.4 Å². The number of hydrogen-bond acceptors (Lipinski definition) is 9. The van der Waals surface area contributed by atoms with Gasteiger partial charge in [0.25, 0.3) is 0 Å². The highest BCUT2D eigenvalue weighted by molar-refractivity contribution is 6.31. The summed E-state index contributed by atoms with van der Waals surface area (Å²) in [5.41, 5.74) is 3.54. The lowest BCUT2D eigenvalue weighted by Gasteiger charge is -2.34. The zero-order chi connectivity index (χ0) is 30.0. The second kappa shape index (κ2) is 14.7. The molecule has 2 N–H and O–H groups in total. The second-order valence-corrected chi connectivity index (χ2v) is 10.5. The fraction of sp³-hybridized carbons (Fsp3) is 0.281. The van der Waals surface area contributed by atoms with Gasteiger partial charge in [0.15, 0.2) is 0 Å². The summed E-state index contributed by atoms with van der Waals surface area (Å²) in [5, 5.41) is 6.33. The number of methoxy groups -OCH3 is 1. The molecule has 0 aliphatic carbocycles. The number of halogens is 1. The van der Waals surface area contributed by atoms with Crippen molar-refractivity contribution in [3.05, 3.63) is 89.6 Å². The van der Waals surface area contributed by atoms with Gasteiger partial charge in [-0.25, -0.2) is 4.98 Å². The van der Waals surface area contributed by atoms with Crippen molar-refractivity contribution in [3.63, 3.8) is 0 Å².